The van der Waals surface area contributed by atoms with Crippen LogP contribution in [0, 0.1) is 0 Å². The molecule has 17 heavy (non-hydrogen) atoms. The number of aromatic amines is 1. The Balaban J connectivity index is 2.00. The summed E-state index contributed by atoms with van der Waals surface area (Å²) in [6.07, 6.45) is 5.32. The molecule has 0 fully saturated rings. The Hall–Kier alpha value is -2.16. The Kier molecular flexibility index (Phi) is 2.37. The summed E-state index contributed by atoms with van der Waals surface area (Å²) in [7, 11) is 0. The standard InChI is InChI=1S/C14H12N2O/c17-14-11(9-12-7-8-15-16-12)6-5-10-3-1-2-4-13(10)14/h1-4,7-9H,5-6H2,(H,15,16)/b11-9+. The van der Waals surface area contributed by atoms with Crippen LogP contribution in [0.5, 0.6) is 0 Å². The maximum absolute atomic E-state index is 12.2. The van der Waals surface area contributed by atoms with Crippen molar-refractivity contribution >= 4 is 11.9 Å². The highest BCUT2D eigenvalue weighted by Crippen LogP contribution is 2.25. The lowest BCUT2D eigenvalue weighted by atomic mass is 9.86. The molecular formula is C14H12N2O. The van der Waals surface area contributed by atoms with E-state index >= 15 is 0 Å². The van der Waals surface area contributed by atoms with Crippen LogP contribution in [0.1, 0.15) is 28.0 Å². The summed E-state index contributed by atoms with van der Waals surface area (Å²) >= 11 is 0. The van der Waals surface area contributed by atoms with Crippen molar-refractivity contribution in [3.05, 3.63) is 58.9 Å². The maximum Gasteiger partial charge on any atom is 0.189 e. The number of H-pyrrole nitrogens is 1. The molecule has 1 aliphatic carbocycles. The Morgan fingerprint density at radius 3 is 2.88 bits per heavy atom. The van der Waals surface area contributed by atoms with Crippen molar-refractivity contribution in [2.75, 3.05) is 0 Å². The maximum atomic E-state index is 12.2. The molecule has 0 saturated heterocycles. The molecule has 0 atom stereocenters. The van der Waals surface area contributed by atoms with E-state index in [0.717, 1.165) is 35.2 Å². The van der Waals surface area contributed by atoms with Crippen LogP contribution in [-0.4, -0.2) is 16.0 Å². The van der Waals surface area contributed by atoms with Crippen molar-refractivity contribution in [2.24, 2.45) is 0 Å². The largest absolute Gasteiger partial charge is 0.289 e. The molecule has 1 aromatic heterocycles. The minimum absolute atomic E-state index is 0.140. The molecule has 0 amide bonds. The normalized spacial score (nSPS) is 17.2. The van der Waals surface area contributed by atoms with Gasteiger partial charge in [0.2, 0.25) is 0 Å². The number of aromatic nitrogens is 2. The Morgan fingerprint density at radius 1 is 1.18 bits per heavy atom. The number of Topliss-reactive ketones (excluding diaryl/α,β-unsaturated/α-hetero) is 1. The third-order valence-corrected chi connectivity index (χ3v) is 3.07. The molecule has 1 N–H and O–H groups in total. The zero-order valence-corrected chi connectivity index (χ0v) is 9.31. The summed E-state index contributed by atoms with van der Waals surface area (Å²) in [6, 6.07) is 9.68. The second-order valence-electron chi connectivity index (χ2n) is 4.17. The van der Waals surface area contributed by atoms with Crippen LogP contribution in [-0.2, 0) is 6.42 Å². The Bertz CT molecular complexity index is 582. The molecule has 0 spiro atoms. The van der Waals surface area contributed by atoms with Gasteiger partial charge in [-0.2, -0.15) is 5.10 Å². The van der Waals surface area contributed by atoms with Gasteiger partial charge in [-0.15, -0.1) is 0 Å². The van der Waals surface area contributed by atoms with Crippen molar-refractivity contribution in [2.45, 2.75) is 12.8 Å². The highest BCUT2D eigenvalue weighted by atomic mass is 16.1. The predicted octanol–water partition coefficient (Wildman–Crippen LogP) is 2.62. The van der Waals surface area contributed by atoms with Crippen LogP contribution in [0.25, 0.3) is 6.08 Å². The van der Waals surface area contributed by atoms with Gasteiger partial charge in [-0.05, 0) is 30.5 Å². The number of nitrogens with zero attached hydrogens (tertiary/aromatic N) is 1. The predicted molar refractivity (Wildman–Crippen MR) is 65.7 cm³/mol. The minimum Gasteiger partial charge on any atom is -0.289 e. The van der Waals surface area contributed by atoms with Crippen LogP contribution >= 0.6 is 0 Å². The highest BCUT2D eigenvalue weighted by Gasteiger charge is 2.21. The first-order valence-electron chi connectivity index (χ1n) is 5.67. The number of nitrogens with one attached hydrogen (secondary N) is 1. The van der Waals surface area contributed by atoms with Gasteiger partial charge in [0.1, 0.15) is 0 Å². The lowest BCUT2D eigenvalue weighted by Crippen LogP contribution is -2.13. The van der Waals surface area contributed by atoms with E-state index in [9.17, 15) is 4.79 Å². The molecular weight excluding hydrogens is 212 g/mol. The van der Waals surface area contributed by atoms with E-state index in [1.165, 1.54) is 0 Å². The molecule has 0 saturated carbocycles. The van der Waals surface area contributed by atoms with E-state index in [2.05, 4.69) is 10.2 Å². The smallest absolute Gasteiger partial charge is 0.189 e. The number of benzene rings is 1. The summed E-state index contributed by atoms with van der Waals surface area (Å²) < 4.78 is 0. The van der Waals surface area contributed by atoms with Gasteiger partial charge in [0, 0.05) is 17.3 Å². The van der Waals surface area contributed by atoms with Crippen molar-refractivity contribution in [1.29, 1.82) is 0 Å². The zero-order valence-electron chi connectivity index (χ0n) is 9.31. The molecule has 0 unspecified atom stereocenters. The first-order chi connectivity index (χ1) is 8.34. The van der Waals surface area contributed by atoms with Gasteiger partial charge in [0.15, 0.2) is 5.78 Å². The van der Waals surface area contributed by atoms with Crippen LogP contribution in [0.15, 0.2) is 42.1 Å². The molecule has 84 valence electrons. The van der Waals surface area contributed by atoms with Gasteiger partial charge < -0.3 is 0 Å². The fraction of sp³-hybridized carbons (Fsp3) is 0.143. The number of allylic oxidation sites excluding steroid dienone is 1. The Labute approximate surface area is 99.2 Å². The van der Waals surface area contributed by atoms with Gasteiger partial charge in [-0.3, -0.25) is 9.89 Å². The third kappa shape index (κ3) is 1.80. The second kappa shape index (κ2) is 4.01. The molecule has 0 bridgehead atoms. The first-order valence-corrected chi connectivity index (χ1v) is 5.67. The van der Waals surface area contributed by atoms with E-state index in [1.54, 1.807) is 6.20 Å². The molecule has 3 rings (SSSR count). The van der Waals surface area contributed by atoms with Gasteiger partial charge in [-0.25, -0.2) is 0 Å². The van der Waals surface area contributed by atoms with Crippen LogP contribution < -0.4 is 0 Å². The number of aryl methyl sites for hydroxylation is 1. The molecule has 2 aromatic rings. The van der Waals surface area contributed by atoms with Crippen LogP contribution in [0.4, 0.5) is 0 Å². The monoisotopic (exact) mass is 224 g/mol. The fourth-order valence-corrected chi connectivity index (χ4v) is 2.19. The number of carbonyl (C=O) groups excluding carboxylic acids is 1. The lowest BCUT2D eigenvalue weighted by Gasteiger charge is -2.16. The van der Waals surface area contributed by atoms with Gasteiger partial charge >= 0.3 is 0 Å². The first kappa shape index (κ1) is 10.0. The zero-order chi connectivity index (χ0) is 11.7. The molecule has 1 aromatic carbocycles. The van der Waals surface area contributed by atoms with Crippen molar-refractivity contribution < 1.29 is 4.79 Å². The van der Waals surface area contributed by atoms with Gasteiger partial charge in [0.05, 0.1) is 5.69 Å². The quantitative estimate of drug-likeness (QED) is 0.757. The van der Waals surface area contributed by atoms with E-state index in [-0.39, 0.29) is 5.78 Å². The SMILES string of the molecule is O=C1/C(=C/c2ccn[nH]2)CCc2ccccc21. The van der Waals surface area contributed by atoms with E-state index < -0.39 is 0 Å². The van der Waals surface area contributed by atoms with E-state index in [0.29, 0.717) is 0 Å². The van der Waals surface area contributed by atoms with Crippen LogP contribution in [0.3, 0.4) is 0 Å². The number of rotatable bonds is 1. The average molecular weight is 224 g/mol. The Morgan fingerprint density at radius 2 is 2.06 bits per heavy atom. The van der Waals surface area contributed by atoms with E-state index in [1.807, 2.05) is 36.4 Å². The third-order valence-electron chi connectivity index (χ3n) is 3.07. The van der Waals surface area contributed by atoms with E-state index in [4.69, 9.17) is 0 Å². The van der Waals surface area contributed by atoms with Crippen molar-refractivity contribution in [3.63, 3.8) is 0 Å². The second-order valence-corrected chi connectivity index (χ2v) is 4.17. The molecule has 3 heteroatoms. The summed E-state index contributed by atoms with van der Waals surface area (Å²) in [5.41, 5.74) is 3.73. The molecule has 0 radical (unpaired) electrons. The number of hydrogen-bond acceptors (Lipinski definition) is 2. The molecule has 3 nitrogen and oxygen atoms in total. The van der Waals surface area contributed by atoms with Crippen LogP contribution in [0.2, 0.25) is 0 Å². The molecule has 1 heterocycles. The molecule has 1 aliphatic rings. The summed E-state index contributed by atoms with van der Waals surface area (Å²) in [4.78, 5) is 12.2. The molecule has 0 aliphatic heterocycles. The topological polar surface area (TPSA) is 45.8 Å². The number of hydrogen-bond donors (Lipinski definition) is 1. The summed E-state index contributed by atoms with van der Waals surface area (Å²) in [5, 5.41) is 6.73. The van der Waals surface area contributed by atoms with Gasteiger partial charge in [0.25, 0.3) is 0 Å². The number of ketones is 1. The van der Waals surface area contributed by atoms with Gasteiger partial charge in [-0.1, -0.05) is 24.3 Å². The fourth-order valence-electron chi connectivity index (χ4n) is 2.19. The van der Waals surface area contributed by atoms with Crippen molar-refractivity contribution in [3.8, 4) is 0 Å². The lowest BCUT2D eigenvalue weighted by molar-refractivity contribution is 0.102. The number of carbonyl (C=O) groups is 1. The summed E-state index contributed by atoms with van der Waals surface area (Å²) in [5.74, 6) is 0.140. The summed E-state index contributed by atoms with van der Waals surface area (Å²) in [6.45, 7) is 0. The number of fused-ring (bicyclic) bond motifs is 1. The minimum atomic E-state index is 0.140. The van der Waals surface area contributed by atoms with Crippen molar-refractivity contribution in [1.82, 2.24) is 10.2 Å². The highest BCUT2D eigenvalue weighted by molar-refractivity contribution is 6.13. The average Bonchev–Trinajstić information content (AvgIpc) is 2.86.